The van der Waals surface area contributed by atoms with E-state index in [1.165, 1.54) is 0 Å². The Balaban J connectivity index is 2.73. The van der Waals surface area contributed by atoms with Gasteiger partial charge in [0.05, 0.1) is 14.2 Å². The maximum Gasteiger partial charge on any atom is 0.165 e. The maximum atomic E-state index is 11.9. The van der Waals surface area contributed by atoms with Crippen LogP contribution in [0.4, 0.5) is 0 Å². The second-order valence-electron chi connectivity index (χ2n) is 5.03. The van der Waals surface area contributed by atoms with Crippen LogP contribution in [0.1, 0.15) is 42.6 Å². The van der Waals surface area contributed by atoms with E-state index >= 15 is 0 Å². The second kappa shape index (κ2) is 4.06. The molecule has 0 fully saturated rings. The zero-order valence-corrected chi connectivity index (χ0v) is 10.8. The molecule has 0 saturated heterocycles. The highest BCUT2D eigenvalue weighted by Gasteiger charge is 2.35. The fourth-order valence-corrected chi connectivity index (χ4v) is 2.52. The summed E-state index contributed by atoms with van der Waals surface area (Å²) in [4.78, 5) is 11.9. The van der Waals surface area contributed by atoms with Crippen LogP contribution in [0.2, 0.25) is 0 Å². The summed E-state index contributed by atoms with van der Waals surface area (Å²) < 4.78 is 10.7. The first-order chi connectivity index (χ1) is 8.01. The number of Topliss-reactive ketones (excluding diaryl/α,β-unsaturated/α-hetero) is 1. The van der Waals surface area contributed by atoms with Gasteiger partial charge >= 0.3 is 0 Å². The Labute approximate surface area is 102 Å². The molecule has 0 aliphatic heterocycles. The molecule has 3 heteroatoms. The van der Waals surface area contributed by atoms with E-state index in [-0.39, 0.29) is 11.2 Å². The van der Waals surface area contributed by atoms with Crippen molar-refractivity contribution in [1.82, 2.24) is 0 Å². The highest BCUT2D eigenvalue weighted by molar-refractivity contribution is 6.00. The van der Waals surface area contributed by atoms with E-state index in [9.17, 15) is 4.79 Å². The molecule has 92 valence electrons. The summed E-state index contributed by atoms with van der Waals surface area (Å²) in [6.45, 7) is 4.28. The van der Waals surface area contributed by atoms with Crippen molar-refractivity contribution in [3.05, 3.63) is 23.3 Å². The number of ether oxygens (including phenoxy) is 2. The number of carbonyl (C=O) groups is 1. The predicted octanol–water partition coefficient (Wildman–Crippen LogP) is 2.96. The second-order valence-corrected chi connectivity index (χ2v) is 5.03. The Morgan fingerprint density at radius 3 is 2.47 bits per heavy atom. The summed E-state index contributed by atoms with van der Waals surface area (Å²) >= 11 is 0. The van der Waals surface area contributed by atoms with E-state index in [0.29, 0.717) is 17.9 Å². The number of hydrogen-bond donors (Lipinski definition) is 0. The van der Waals surface area contributed by atoms with Crippen molar-refractivity contribution in [2.24, 2.45) is 0 Å². The first kappa shape index (κ1) is 12.0. The Bertz CT molecular complexity index is 461. The van der Waals surface area contributed by atoms with Crippen molar-refractivity contribution in [3.8, 4) is 11.5 Å². The standard InChI is InChI=1S/C14H18O3/c1-14(2)8-7-10(15)9-5-6-11(16-3)13(17-4)12(9)14/h5-6H,7-8H2,1-4H3. The third kappa shape index (κ3) is 1.79. The smallest absolute Gasteiger partial charge is 0.165 e. The maximum absolute atomic E-state index is 11.9. The van der Waals surface area contributed by atoms with E-state index in [1.54, 1.807) is 20.3 Å². The number of fused-ring (bicyclic) bond motifs is 1. The molecule has 1 aliphatic carbocycles. The normalized spacial score (nSPS) is 17.5. The van der Waals surface area contributed by atoms with E-state index in [0.717, 1.165) is 17.5 Å². The number of ketones is 1. The molecule has 1 aromatic rings. The lowest BCUT2D eigenvalue weighted by molar-refractivity contribution is 0.0955. The van der Waals surface area contributed by atoms with E-state index < -0.39 is 0 Å². The first-order valence-corrected chi connectivity index (χ1v) is 5.80. The molecular weight excluding hydrogens is 216 g/mol. The van der Waals surface area contributed by atoms with Gasteiger partial charge in [0, 0.05) is 17.5 Å². The summed E-state index contributed by atoms with van der Waals surface area (Å²) in [6.07, 6.45) is 1.46. The molecule has 0 atom stereocenters. The summed E-state index contributed by atoms with van der Waals surface area (Å²) in [6, 6.07) is 3.65. The van der Waals surface area contributed by atoms with Crippen LogP contribution in [0.3, 0.4) is 0 Å². The molecule has 0 unspecified atom stereocenters. The predicted molar refractivity (Wildman–Crippen MR) is 66.1 cm³/mol. The van der Waals surface area contributed by atoms with Gasteiger partial charge in [0.1, 0.15) is 0 Å². The monoisotopic (exact) mass is 234 g/mol. The number of methoxy groups -OCH3 is 2. The van der Waals surface area contributed by atoms with Crippen LogP contribution in [-0.4, -0.2) is 20.0 Å². The van der Waals surface area contributed by atoms with Gasteiger partial charge < -0.3 is 9.47 Å². The fraction of sp³-hybridized carbons (Fsp3) is 0.500. The molecular formula is C14H18O3. The highest BCUT2D eigenvalue weighted by atomic mass is 16.5. The van der Waals surface area contributed by atoms with Crippen LogP contribution in [0, 0.1) is 0 Å². The zero-order chi connectivity index (χ0) is 12.6. The molecule has 0 spiro atoms. The van der Waals surface area contributed by atoms with Gasteiger partial charge in [-0.05, 0) is 24.0 Å². The minimum Gasteiger partial charge on any atom is -0.493 e. The van der Waals surface area contributed by atoms with Crippen LogP contribution in [0.15, 0.2) is 12.1 Å². The molecule has 0 amide bonds. The molecule has 0 aromatic heterocycles. The van der Waals surface area contributed by atoms with Crippen molar-refractivity contribution in [3.63, 3.8) is 0 Å². The highest BCUT2D eigenvalue weighted by Crippen LogP contribution is 2.46. The zero-order valence-electron chi connectivity index (χ0n) is 10.8. The fourth-order valence-electron chi connectivity index (χ4n) is 2.52. The average molecular weight is 234 g/mol. The number of hydrogen-bond acceptors (Lipinski definition) is 3. The van der Waals surface area contributed by atoms with Crippen molar-refractivity contribution < 1.29 is 14.3 Å². The lowest BCUT2D eigenvalue weighted by Crippen LogP contribution is -2.28. The Hall–Kier alpha value is -1.51. The SMILES string of the molecule is COc1ccc2c(c1OC)C(C)(C)CCC2=O. The van der Waals surface area contributed by atoms with Gasteiger partial charge in [-0.1, -0.05) is 13.8 Å². The molecule has 0 radical (unpaired) electrons. The van der Waals surface area contributed by atoms with Gasteiger partial charge in [0.15, 0.2) is 17.3 Å². The molecule has 0 saturated carbocycles. The summed E-state index contributed by atoms with van der Waals surface area (Å²) in [7, 11) is 3.23. The number of carbonyl (C=O) groups excluding carboxylic acids is 1. The molecule has 0 bridgehead atoms. The first-order valence-electron chi connectivity index (χ1n) is 5.80. The van der Waals surface area contributed by atoms with Gasteiger partial charge in [-0.15, -0.1) is 0 Å². The lowest BCUT2D eigenvalue weighted by Gasteiger charge is -2.33. The van der Waals surface area contributed by atoms with E-state index in [4.69, 9.17) is 9.47 Å². The van der Waals surface area contributed by atoms with Crippen LogP contribution < -0.4 is 9.47 Å². The molecule has 1 aliphatic rings. The third-order valence-corrected chi connectivity index (χ3v) is 3.50. The minimum absolute atomic E-state index is 0.0525. The van der Waals surface area contributed by atoms with E-state index in [2.05, 4.69) is 13.8 Å². The lowest BCUT2D eigenvalue weighted by atomic mass is 9.71. The number of benzene rings is 1. The van der Waals surface area contributed by atoms with Gasteiger partial charge in [0.25, 0.3) is 0 Å². The Morgan fingerprint density at radius 1 is 1.18 bits per heavy atom. The van der Waals surface area contributed by atoms with Gasteiger partial charge in [-0.2, -0.15) is 0 Å². The molecule has 1 aromatic carbocycles. The summed E-state index contributed by atoms with van der Waals surface area (Å²) in [5, 5.41) is 0. The molecule has 17 heavy (non-hydrogen) atoms. The largest absolute Gasteiger partial charge is 0.493 e. The number of rotatable bonds is 2. The molecule has 0 N–H and O–H groups in total. The van der Waals surface area contributed by atoms with Crippen molar-refractivity contribution >= 4 is 5.78 Å². The quantitative estimate of drug-likeness (QED) is 0.789. The van der Waals surface area contributed by atoms with Crippen LogP contribution >= 0.6 is 0 Å². The van der Waals surface area contributed by atoms with Gasteiger partial charge in [-0.3, -0.25) is 4.79 Å². The van der Waals surface area contributed by atoms with Crippen molar-refractivity contribution in [1.29, 1.82) is 0 Å². The Kier molecular flexibility index (Phi) is 2.86. The molecule has 3 nitrogen and oxygen atoms in total. The molecule has 0 heterocycles. The summed E-state index contributed by atoms with van der Waals surface area (Å²) in [5.41, 5.74) is 1.71. The summed E-state index contributed by atoms with van der Waals surface area (Å²) in [5.74, 6) is 1.58. The van der Waals surface area contributed by atoms with Crippen LogP contribution in [0.25, 0.3) is 0 Å². The van der Waals surface area contributed by atoms with Gasteiger partial charge in [0.2, 0.25) is 0 Å². The average Bonchev–Trinajstić information content (AvgIpc) is 2.32. The van der Waals surface area contributed by atoms with E-state index in [1.807, 2.05) is 6.07 Å². The van der Waals surface area contributed by atoms with Crippen molar-refractivity contribution in [2.75, 3.05) is 14.2 Å². The minimum atomic E-state index is -0.0525. The third-order valence-electron chi connectivity index (χ3n) is 3.50. The van der Waals surface area contributed by atoms with Gasteiger partial charge in [-0.25, -0.2) is 0 Å². The topological polar surface area (TPSA) is 35.5 Å². The van der Waals surface area contributed by atoms with Crippen molar-refractivity contribution in [2.45, 2.75) is 32.1 Å². The van der Waals surface area contributed by atoms with Crippen LogP contribution in [-0.2, 0) is 5.41 Å². The Morgan fingerprint density at radius 2 is 1.88 bits per heavy atom. The molecule has 2 rings (SSSR count). The van der Waals surface area contributed by atoms with Crippen LogP contribution in [0.5, 0.6) is 11.5 Å².